The number of rotatable bonds is 6. The van der Waals surface area contributed by atoms with Crippen LogP contribution >= 0.6 is 0 Å². The van der Waals surface area contributed by atoms with Crippen molar-refractivity contribution in [3.8, 4) is 67.5 Å². The number of fused-ring (bicyclic) bond motifs is 6. The molecule has 0 radical (unpaired) electrons. The minimum absolute atomic E-state index is 0.547. The number of hydrogen-bond acceptors (Lipinski definition) is 4. The molecule has 0 unspecified atom stereocenters. The highest BCUT2D eigenvalue weighted by molar-refractivity contribution is 6.11. The third-order valence-electron chi connectivity index (χ3n) is 12.0. The normalized spacial score (nSPS) is 11.6. The second kappa shape index (κ2) is 14.3. The van der Waals surface area contributed by atoms with Gasteiger partial charge in [-0.15, -0.1) is 0 Å². The van der Waals surface area contributed by atoms with Gasteiger partial charge in [0.1, 0.15) is 11.2 Å². The zero-order valence-corrected chi connectivity index (χ0v) is 33.0. The Hall–Kier alpha value is -8.21. The molecule has 0 N–H and O–H groups in total. The van der Waals surface area contributed by atoms with E-state index in [9.17, 15) is 0 Å². The summed E-state index contributed by atoms with van der Waals surface area (Å²) in [4.78, 5) is 16.3. The van der Waals surface area contributed by atoms with Gasteiger partial charge in [0.05, 0.1) is 5.56 Å². The summed E-state index contributed by atoms with van der Waals surface area (Å²) in [5, 5.41) is 8.78. The van der Waals surface area contributed by atoms with E-state index in [0.717, 1.165) is 82.4 Å². The zero-order chi connectivity index (χ0) is 40.3. The molecule has 0 saturated heterocycles. The number of benzene rings is 10. The van der Waals surface area contributed by atoms with Gasteiger partial charge in [0.2, 0.25) is 0 Å². The van der Waals surface area contributed by atoms with E-state index in [-0.39, 0.29) is 0 Å². The minimum Gasteiger partial charge on any atom is -0.455 e. The van der Waals surface area contributed by atoms with E-state index in [1.165, 1.54) is 21.9 Å². The average Bonchev–Trinajstić information content (AvgIpc) is 3.72. The molecule has 0 aliphatic heterocycles. The van der Waals surface area contributed by atoms with Gasteiger partial charge in [-0.3, -0.25) is 0 Å². The van der Waals surface area contributed by atoms with Gasteiger partial charge in [-0.05, 0) is 83.9 Å². The molecule has 0 atom stereocenters. The van der Waals surface area contributed by atoms with Crippen LogP contribution in [-0.4, -0.2) is 15.0 Å². The van der Waals surface area contributed by atoms with Gasteiger partial charge in [0.15, 0.2) is 17.5 Å². The summed E-state index contributed by atoms with van der Waals surface area (Å²) in [6.07, 6.45) is 0. The third-order valence-corrected chi connectivity index (χ3v) is 12.0. The van der Waals surface area contributed by atoms with Gasteiger partial charge >= 0.3 is 0 Å². The van der Waals surface area contributed by atoms with Crippen LogP contribution in [0, 0.1) is 0 Å². The molecule has 12 rings (SSSR count). The van der Waals surface area contributed by atoms with Crippen molar-refractivity contribution < 1.29 is 4.42 Å². The number of furan rings is 1. The molecule has 284 valence electrons. The maximum absolute atomic E-state index is 6.61. The molecule has 0 amide bonds. The first-order valence-electron chi connectivity index (χ1n) is 20.6. The van der Waals surface area contributed by atoms with Crippen molar-refractivity contribution in [1.82, 2.24) is 15.0 Å². The van der Waals surface area contributed by atoms with Gasteiger partial charge in [-0.1, -0.05) is 194 Å². The molecule has 0 fully saturated rings. The van der Waals surface area contributed by atoms with Crippen molar-refractivity contribution in [2.45, 2.75) is 0 Å². The number of hydrogen-bond donors (Lipinski definition) is 0. The van der Waals surface area contributed by atoms with Gasteiger partial charge in [0.25, 0.3) is 0 Å². The molecule has 0 spiro atoms. The number of para-hydroxylation sites is 2. The molecule has 0 aliphatic carbocycles. The predicted octanol–water partition coefficient (Wildman–Crippen LogP) is 15.2. The van der Waals surface area contributed by atoms with Gasteiger partial charge in [-0.25, -0.2) is 15.0 Å². The van der Waals surface area contributed by atoms with Crippen LogP contribution in [0.15, 0.2) is 217 Å². The van der Waals surface area contributed by atoms with Gasteiger partial charge < -0.3 is 4.42 Å². The molecule has 0 saturated carbocycles. The van der Waals surface area contributed by atoms with E-state index in [2.05, 4.69) is 194 Å². The van der Waals surface area contributed by atoms with Crippen molar-refractivity contribution in [3.05, 3.63) is 212 Å². The van der Waals surface area contributed by atoms with Crippen molar-refractivity contribution in [1.29, 1.82) is 0 Å². The summed E-state index contributed by atoms with van der Waals surface area (Å²) in [6, 6.07) is 74.7. The highest BCUT2D eigenvalue weighted by Gasteiger charge is 2.23. The van der Waals surface area contributed by atoms with Crippen LogP contribution < -0.4 is 0 Å². The molecule has 12 aromatic rings. The highest BCUT2D eigenvalue weighted by Crippen LogP contribution is 2.43. The average molecular weight is 778 g/mol. The Bertz CT molecular complexity index is 3640. The largest absolute Gasteiger partial charge is 0.455 e. The molecule has 0 bridgehead atoms. The summed E-state index contributed by atoms with van der Waals surface area (Å²) in [5.41, 5.74) is 11.1. The monoisotopic (exact) mass is 777 g/mol. The van der Waals surface area contributed by atoms with Crippen LogP contribution in [0.25, 0.3) is 122 Å². The summed E-state index contributed by atoms with van der Waals surface area (Å²) in [7, 11) is 0. The Labute approximate surface area is 352 Å². The lowest BCUT2D eigenvalue weighted by Gasteiger charge is -2.17. The molecule has 2 aromatic heterocycles. The first-order chi connectivity index (χ1) is 30.2. The van der Waals surface area contributed by atoms with E-state index in [4.69, 9.17) is 19.4 Å². The quantitative estimate of drug-likeness (QED) is 0.169. The first-order valence-corrected chi connectivity index (χ1v) is 20.6. The Kier molecular flexibility index (Phi) is 8.13. The Morgan fingerprint density at radius 1 is 0.262 bits per heavy atom. The van der Waals surface area contributed by atoms with E-state index in [1.807, 2.05) is 18.2 Å². The molecule has 4 heteroatoms. The summed E-state index contributed by atoms with van der Waals surface area (Å²) >= 11 is 0. The van der Waals surface area contributed by atoms with Crippen LogP contribution in [0.2, 0.25) is 0 Å². The second-order valence-corrected chi connectivity index (χ2v) is 15.5. The standard InChI is InChI=1S/C57H35N3O/c1-2-14-36(15-3-1)37-28-30-40(31-29-37)42-34-35-50(46-22-9-8-21-44(42)46)55-58-56(51-26-13-25-49-47-23-10-11-27-52(47)61-54(49)51)60-57(59-55)53-43-20-7-5-17-39(43)32-33-48(53)45-24-12-18-38-16-4-6-19-41(38)45/h1-35H. The highest BCUT2D eigenvalue weighted by atomic mass is 16.3. The fourth-order valence-electron chi connectivity index (χ4n) is 9.07. The maximum Gasteiger partial charge on any atom is 0.167 e. The van der Waals surface area contributed by atoms with Crippen molar-refractivity contribution >= 4 is 54.3 Å². The molecular formula is C57H35N3O. The van der Waals surface area contributed by atoms with Crippen LogP contribution in [0.4, 0.5) is 0 Å². The van der Waals surface area contributed by atoms with Crippen LogP contribution in [-0.2, 0) is 0 Å². The van der Waals surface area contributed by atoms with Crippen LogP contribution in [0.5, 0.6) is 0 Å². The third kappa shape index (κ3) is 5.88. The first kappa shape index (κ1) is 34.8. The summed E-state index contributed by atoms with van der Waals surface area (Å²) < 4.78 is 6.61. The van der Waals surface area contributed by atoms with E-state index in [1.54, 1.807) is 0 Å². The van der Waals surface area contributed by atoms with E-state index < -0.39 is 0 Å². The lowest BCUT2D eigenvalue weighted by atomic mass is 9.90. The molecule has 10 aromatic carbocycles. The molecule has 61 heavy (non-hydrogen) atoms. The topological polar surface area (TPSA) is 51.8 Å². The number of aromatic nitrogens is 3. The predicted molar refractivity (Wildman–Crippen MR) is 252 cm³/mol. The van der Waals surface area contributed by atoms with Gasteiger partial charge in [-0.2, -0.15) is 0 Å². The fourth-order valence-corrected chi connectivity index (χ4v) is 9.07. The fraction of sp³-hybridized carbons (Fsp3) is 0. The van der Waals surface area contributed by atoms with Crippen molar-refractivity contribution in [2.24, 2.45) is 0 Å². The van der Waals surface area contributed by atoms with E-state index >= 15 is 0 Å². The SMILES string of the molecule is c1ccc(-c2ccc(-c3ccc(-c4nc(-c5c(-c6cccc7ccccc67)ccc6ccccc56)nc(-c5cccc6c5oc5ccccc56)n4)c4ccccc34)cc2)cc1. The Balaban J connectivity index is 1.12. The maximum atomic E-state index is 6.61. The minimum atomic E-state index is 0.547. The number of nitrogens with zero attached hydrogens (tertiary/aromatic N) is 3. The molecule has 4 nitrogen and oxygen atoms in total. The molecule has 2 heterocycles. The summed E-state index contributed by atoms with van der Waals surface area (Å²) in [5.74, 6) is 1.73. The Morgan fingerprint density at radius 2 is 0.770 bits per heavy atom. The lowest BCUT2D eigenvalue weighted by Crippen LogP contribution is -2.02. The lowest BCUT2D eigenvalue weighted by molar-refractivity contribution is 0.669. The Morgan fingerprint density at radius 3 is 1.57 bits per heavy atom. The zero-order valence-electron chi connectivity index (χ0n) is 33.0. The molecular weight excluding hydrogens is 743 g/mol. The van der Waals surface area contributed by atoms with E-state index in [0.29, 0.717) is 17.5 Å². The van der Waals surface area contributed by atoms with Crippen LogP contribution in [0.1, 0.15) is 0 Å². The van der Waals surface area contributed by atoms with Crippen LogP contribution in [0.3, 0.4) is 0 Å². The molecule has 0 aliphatic rings. The second-order valence-electron chi connectivity index (χ2n) is 15.5. The smallest absolute Gasteiger partial charge is 0.167 e. The van der Waals surface area contributed by atoms with Crippen molar-refractivity contribution in [2.75, 3.05) is 0 Å². The van der Waals surface area contributed by atoms with Crippen molar-refractivity contribution in [3.63, 3.8) is 0 Å². The summed E-state index contributed by atoms with van der Waals surface area (Å²) in [6.45, 7) is 0. The van der Waals surface area contributed by atoms with Gasteiger partial charge in [0, 0.05) is 21.9 Å².